The van der Waals surface area contributed by atoms with Gasteiger partial charge in [0.15, 0.2) is 0 Å². The van der Waals surface area contributed by atoms with Gasteiger partial charge in [0.1, 0.15) is 23.6 Å². The fraction of sp³-hybridized carbons (Fsp3) is 0.364. The van der Waals surface area contributed by atoms with Gasteiger partial charge in [-0.2, -0.15) is 8.61 Å². The predicted molar refractivity (Wildman–Crippen MR) is 144 cm³/mol. The third-order valence-electron chi connectivity index (χ3n) is 5.46. The molecular weight excluding hydrogens is 581 g/mol. The molecule has 16 heteroatoms. The first-order valence-corrected chi connectivity index (χ1v) is 16.1. The molecule has 2 aromatic carbocycles. The number of aliphatic carboxylic acids is 2. The molecule has 0 fully saturated rings. The van der Waals surface area contributed by atoms with Crippen molar-refractivity contribution in [3.8, 4) is 11.5 Å². The smallest absolute Gasteiger partial charge is 0.322 e. The number of sulfonamides is 2. The molecule has 0 aliphatic heterocycles. The summed E-state index contributed by atoms with van der Waals surface area (Å²) in [4.78, 5) is 23.5. The van der Waals surface area contributed by atoms with Gasteiger partial charge < -0.3 is 19.7 Å². The number of benzene rings is 2. The van der Waals surface area contributed by atoms with E-state index in [4.69, 9.17) is 9.47 Å². The van der Waals surface area contributed by atoms with Crippen molar-refractivity contribution in [1.29, 1.82) is 0 Å². The van der Waals surface area contributed by atoms with Crippen molar-refractivity contribution in [2.24, 2.45) is 0 Å². The van der Waals surface area contributed by atoms with E-state index in [9.17, 15) is 36.6 Å². The first-order valence-electron chi connectivity index (χ1n) is 10.7. The molecule has 0 aromatic heterocycles. The van der Waals surface area contributed by atoms with Gasteiger partial charge in [-0.1, -0.05) is 21.6 Å². The summed E-state index contributed by atoms with van der Waals surface area (Å²) in [6.07, 6.45) is 0. The Morgan fingerprint density at radius 2 is 1.00 bits per heavy atom. The zero-order valence-electron chi connectivity index (χ0n) is 20.9. The fourth-order valence-corrected chi connectivity index (χ4v) is 8.40. The summed E-state index contributed by atoms with van der Waals surface area (Å²) >= 11 is 0. The Labute approximate surface area is 229 Å². The van der Waals surface area contributed by atoms with Crippen molar-refractivity contribution in [3.05, 3.63) is 48.5 Å². The zero-order chi connectivity index (χ0) is 28.7. The second kappa shape index (κ2) is 13.5. The summed E-state index contributed by atoms with van der Waals surface area (Å²) in [5.74, 6) is -2.39. The molecule has 0 amide bonds. The lowest BCUT2D eigenvalue weighted by atomic mass is 10.3. The summed E-state index contributed by atoms with van der Waals surface area (Å²) in [6.45, 7) is 0. The summed E-state index contributed by atoms with van der Waals surface area (Å²) < 4.78 is 63.2. The lowest BCUT2D eigenvalue weighted by molar-refractivity contribution is -0.141. The van der Waals surface area contributed by atoms with Crippen LogP contribution in [0.1, 0.15) is 0 Å². The molecule has 0 heterocycles. The lowest BCUT2D eigenvalue weighted by Crippen LogP contribution is -2.44. The molecule has 0 spiro atoms. The first-order chi connectivity index (χ1) is 17.8. The van der Waals surface area contributed by atoms with Crippen LogP contribution in [0.25, 0.3) is 0 Å². The van der Waals surface area contributed by atoms with Crippen molar-refractivity contribution in [1.82, 2.24) is 8.61 Å². The van der Waals surface area contributed by atoms with Gasteiger partial charge in [0.25, 0.3) is 0 Å². The monoisotopic (exact) mass is 608 g/mol. The van der Waals surface area contributed by atoms with Gasteiger partial charge in [-0.25, -0.2) is 16.8 Å². The fourth-order valence-electron chi connectivity index (χ4n) is 3.05. The predicted octanol–water partition coefficient (Wildman–Crippen LogP) is 1.93. The minimum atomic E-state index is -4.16. The third kappa shape index (κ3) is 7.54. The first kappa shape index (κ1) is 31.7. The number of ether oxygens (including phenoxy) is 2. The van der Waals surface area contributed by atoms with Crippen molar-refractivity contribution in [3.63, 3.8) is 0 Å². The van der Waals surface area contributed by atoms with Crippen LogP contribution < -0.4 is 9.47 Å². The second-order valence-corrected chi connectivity index (χ2v) is 14.2. The molecule has 0 radical (unpaired) electrons. The van der Waals surface area contributed by atoms with Crippen molar-refractivity contribution >= 4 is 53.6 Å². The van der Waals surface area contributed by atoms with E-state index in [0.717, 1.165) is 44.3 Å². The van der Waals surface area contributed by atoms with E-state index in [1.165, 1.54) is 62.8 Å². The van der Waals surface area contributed by atoms with Crippen molar-refractivity contribution in [2.45, 2.75) is 21.9 Å². The van der Waals surface area contributed by atoms with Crippen LogP contribution in [0.4, 0.5) is 0 Å². The van der Waals surface area contributed by atoms with Crippen LogP contribution in [0.2, 0.25) is 0 Å². The number of carboxylic acids is 2. The SMILES string of the molecule is COc1ccc(S(=O)(=O)N(C)C(CSSC[C@@H](C(=O)O)N(C)S(=O)(=O)c2ccc(OC)cc2)C(=O)O)cc1. The number of nitrogens with zero attached hydrogens (tertiary/aromatic N) is 2. The number of likely N-dealkylation sites (N-methyl/N-ethyl adjacent to an activating group) is 2. The largest absolute Gasteiger partial charge is 0.497 e. The molecule has 0 saturated carbocycles. The van der Waals surface area contributed by atoms with Crippen molar-refractivity contribution < 1.29 is 46.1 Å². The Morgan fingerprint density at radius 3 is 1.24 bits per heavy atom. The minimum Gasteiger partial charge on any atom is -0.497 e. The van der Waals surface area contributed by atoms with Crippen molar-refractivity contribution in [2.75, 3.05) is 39.8 Å². The van der Waals surface area contributed by atoms with Gasteiger partial charge in [-0.15, -0.1) is 0 Å². The average molecular weight is 609 g/mol. The summed E-state index contributed by atoms with van der Waals surface area (Å²) in [6, 6.07) is 7.97. The van der Waals surface area contributed by atoms with Gasteiger partial charge in [0.05, 0.1) is 24.0 Å². The number of carboxylic acid groups (broad SMARTS) is 2. The van der Waals surface area contributed by atoms with E-state index < -0.39 is 44.1 Å². The van der Waals surface area contributed by atoms with Gasteiger partial charge in [0.2, 0.25) is 20.0 Å². The number of methoxy groups -OCH3 is 2. The molecule has 1 unspecified atom stereocenters. The highest BCUT2D eigenvalue weighted by molar-refractivity contribution is 8.76. The third-order valence-corrected chi connectivity index (χ3v) is 11.6. The summed E-state index contributed by atoms with van der Waals surface area (Å²) in [5, 5.41) is 19.3. The molecule has 2 N–H and O–H groups in total. The molecule has 38 heavy (non-hydrogen) atoms. The van der Waals surface area contributed by atoms with Gasteiger partial charge in [-0.3, -0.25) is 9.59 Å². The van der Waals surface area contributed by atoms with E-state index in [-0.39, 0.29) is 21.3 Å². The summed E-state index contributed by atoms with van der Waals surface area (Å²) in [7, 11) is -1.36. The molecule has 2 rings (SSSR count). The van der Waals surface area contributed by atoms with E-state index >= 15 is 0 Å². The highest BCUT2D eigenvalue weighted by atomic mass is 33.1. The molecule has 0 saturated heterocycles. The minimum absolute atomic E-state index is 0.124. The topological polar surface area (TPSA) is 168 Å². The highest BCUT2D eigenvalue weighted by Gasteiger charge is 2.35. The Morgan fingerprint density at radius 1 is 0.711 bits per heavy atom. The van der Waals surface area contributed by atoms with Gasteiger partial charge in [-0.05, 0) is 48.5 Å². The molecule has 2 aromatic rings. The maximum Gasteiger partial charge on any atom is 0.322 e. The molecule has 12 nitrogen and oxygen atoms in total. The van der Waals surface area contributed by atoms with E-state index in [2.05, 4.69) is 0 Å². The summed E-state index contributed by atoms with van der Waals surface area (Å²) in [5.41, 5.74) is 0. The lowest BCUT2D eigenvalue weighted by Gasteiger charge is -2.25. The zero-order valence-corrected chi connectivity index (χ0v) is 24.1. The van der Waals surface area contributed by atoms with Crippen LogP contribution in [0.15, 0.2) is 58.3 Å². The maximum atomic E-state index is 12.9. The number of hydrogen-bond acceptors (Lipinski definition) is 10. The van der Waals surface area contributed by atoms with E-state index in [0.29, 0.717) is 11.5 Å². The number of hydrogen-bond donors (Lipinski definition) is 2. The standard InChI is InChI=1S/C22H28N2O10S4/c1-23(37(29,30)17-9-5-15(33-3)6-10-17)19(21(25)26)13-35-36-14-20(22(27)28)24(2)38(31,32)18-11-7-16(34-4)8-12-18/h5-12,19-20H,13-14H2,1-4H3,(H,25,26)(H,27,28)/t19-,20?/m0/s1. The Bertz CT molecular complexity index is 1210. The Balaban J connectivity index is 2.08. The quantitative estimate of drug-likeness (QED) is 0.223. The second-order valence-electron chi connectivity index (χ2n) is 7.67. The van der Waals surface area contributed by atoms with Crippen LogP contribution in [0.5, 0.6) is 11.5 Å². The van der Waals surface area contributed by atoms with E-state index in [1.54, 1.807) is 0 Å². The van der Waals surface area contributed by atoms with Crippen LogP contribution in [-0.4, -0.2) is 99.5 Å². The molecule has 0 aliphatic carbocycles. The van der Waals surface area contributed by atoms with E-state index in [1.807, 2.05) is 0 Å². The van der Waals surface area contributed by atoms with Crippen LogP contribution in [0.3, 0.4) is 0 Å². The maximum absolute atomic E-state index is 12.9. The molecular formula is C22H28N2O10S4. The normalized spacial score (nSPS) is 13.7. The van der Waals surface area contributed by atoms with Crippen LogP contribution in [-0.2, 0) is 29.6 Å². The number of carbonyl (C=O) groups is 2. The number of rotatable bonds is 15. The molecule has 2 atom stereocenters. The average Bonchev–Trinajstić information content (AvgIpc) is 2.89. The van der Waals surface area contributed by atoms with Crippen LogP contribution >= 0.6 is 21.6 Å². The van der Waals surface area contributed by atoms with Gasteiger partial charge in [0, 0.05) is 25.6 Å². The molecule has 0 bridgehead atoms. The van der Waals surface area contributed by atoms with Gasteiger partial charge >= 0.3 is 11.9 Å². The molecule has 210 valence electrons. The molecule has 0 aliphatic rings. The van der Waals surface area contributed by atoms with Crippen LogP contribution in [0, 0.1) is 0 Å². The highest BCUT2D eigenvalue weighted by Crippen LogP contribution is 2.29. The Kier molecular flexibility index (Phi) is 11.3. The Hall–Kier alpha value is -2.50.